The van der Waals surface area contributed by atoms with Gasteiger partial charge in [0.25, 0.3) is 11.8 Å². The molecule has 6 aliphatic carbocycles. The summed E-state index contributed by atoms with van der Waals surface area (Å²) < 4.78 is 86.2. The molecule has 8 aromatic heterocycles. The molecule has 16 rings (SSSR count). The molecule has 2 N–H and O–H groups in total. The standard InChI is InChI=1S/2C28H40N4O6.C26H36ClN5O5.C26H38N6O5/c1-18(2)37-27(33)20-7-6-8-22(15-20)38-26-10-9-24(30-19(26)3)23-16-29-32(5)25(23)17-36-28(34)31(4)21-11-13-35-14-12-21;1-18(2)37-27(33)21-7-6-8-22(13-21)38-26-10-9-24(30-19(26)3)23-14-29-32(5)25(23)17-36-28(34)31(4)15-20-11-12-35-16-20;2*1-16(2)36-25(33)17-8-7-11-19(12-17)37-24-23(27)30-21(14-28-24)20-13-29-32(4)22(20)15-35-26(34)31(3)18-9-5-6-10-18/h9-10,16,18,20-22H,6-8,11-15,17H2,1-5H3;9-10,14,18,20-22H,6-8,11-13,15-17H2,1-5H3;13-14,16-19H,5-12,15H2,1-4H3;13-14,16-19H,5-12,15H2,1-4H3,(H2,27,30)/t20-,22-;20?,21-,22-;2*17-,19-/m0000/s1. The number of nitrogens with zero attached hydrogens (tertiary/aromatic N) is 18. The summed E-state index contributed by atoms with van der Waals surface area (Å²) in [5.74, 6) is 1.07. The first-order chi connectivity index (χ1) is 71.9. The molecule has 2 aliphatic heterocycles. The van der Waals surface area contributed by atoms with E-state index in [1.54, 1.807) is 118 Å². The number of amides is 4. The maximum atomic E-state index is 12.7. The van der Waals surface area contributed by atoms with Gasteiger partial charge in [-0.05, 0) is 241 Å². The first-order valence-corrected chi connectivity index (χ1v) is 53.6. The Hall–Kier alpha value is -12.5. The highest BCUT2D eigenvalue weighted by Gasteiger charge is 2.39. The molecule has 8 fully saturated rings. The topological polar surface area (TPSA) is 453 Å². The van der Waals surface area contributed by atoms with E-state index in [9.17, 15) is 38.4 Å². The number of carbonyl (C=O) groups is 8. The lowest BCUT2D eigenvalue weighted by molar-refractivity contribution is -0.155. The number of carbonyl (C=O) groups excluding carboxylic acids is 8. The quantitative estimate of drug-likeness (QED) is 0.0295. The van der Waals surface area contributed by atoms with Crippen molar-refractivity contribution in [3.63, 3.8) is 0 Å². The van der Waals surface area contributed by atoms with Gasteiger partial charge in [0.05, 0.1) is 161 Å². The highest BCUT2D eigenvalue weighted by atomic mass is 35.5. The van der Waals surface area contributed by atoms with E-state index in [0.717, 1.165) is 200 Å². The summed E-state index contributed by atoms with van der Waals surface area (Å²) in [5.41, 5.74) is 16.0. The summed E-state index contributed by atoms with van der Waals surface area (Å²) in [7, 11) is 14.3. The van der Waals surface area contributed by atoms with E-state index in [2.05, 4.69) is 40.3 Å². The second kappa shape index (κ2) is 55.0. The van der Waals surface area contributed by atoms with Crippen LogP contribution in [0.4, 0.5) is 25.0 Å². The van der Waals surface area contributed by atoms with Crippen molar-refractivity contribution in [3.05, 3.63) is 101 Å². The average Bonchev–Trinajstić information content (AvgIpc) is 1.55. The normalized spacial score (nSPS) is 20.5. The lowest BCUT2D eigenvalue weighted by Gasteiger charge is -2.30. The molecule has 8 aliphatic rings. The number of pyridine rings is 2. The second-order valence-corrected chi connectivity index (χ2v) is 42.0. The zero-order valence-electron chi connectivity index (χ0n) is 90.5. The fraction of sp³-hybridized carbons (Fsp3) is 0.648. The number of esters is 4. The van der Waals surface area contributed by atoms with E-state index in [-0.39, 0.29) is 188 Å². The molecule has 150 heavy (non-hydrogen) atoms. The van der Waals surface area contributed by atoms with Crippen molar-refractivity contribution in [3.8, 4) is 68.3 Å². The van der Waals surface area contributed by atoms with E-state index in [1.807, 2.05) is 108 Å². The van der Waals surface area contributed by atoms with Crippen LogP contribution in [-0.4, -0.2) is 265 Å². The smallest absolute Gasteiger partial charge is 0.410 e. The van der Waals surface area contributed by atoms with Gasteiger partial charge in [-0.25, -0.2) is 49.1 Å². The summed E-state index contributed by atoms with van der Waals surface area (Å²) in [6, 6.07) is 8.20. The molecule has 6 saturated carbocycles. The summed E-state index contributed by atoms with van der Waals surface area (Å²) in [4.78, 5) is 134. The van der Waals surface area contributed by atoms with E-state index in [4.69, 9.17) is 93.6 Å². The number of nitrogen functional groups attached to an aromatic ring is 1. The number of ether oxygens (including phenoxy) is 14. The SMILES string of the molecule is CC(C)OC(=O)[C@H]1CCC[C@H](Oc2ncc(-c3cnn(C)c3COC(=O)N(C)C3CCCC3)nc2Cl)C1.CC(C)OC(=O)[C@H]1CCC[C@H](Oc2ncc(-c3cnn(C)c3COC(=O)N(C)C3CCCC3)nc2N)C1.Cc1nc(-c2cnn(C)c2COC(=O)N(C)C2CCOCC2)ccc1O[C@H]1CCC[C@H](C(=O)OC(C)C)C1.Cc1nc(-c2cnn(C)c2COC(=O)N(C)CC2CCOC2)ccc1O[C@H]1CCC[C@H](C(=O)OC(C)C)C1. The second-order valence-electron chi connectivity index (χ2n) is 41.6. The van der Waals surface area contributed by atoms with Gasteiger partial charge in [-0.3, -0.25) is 37.9 Å². The number of hydrogen-bond acceptors (Lipinski definition) is 33. The Morgan fingerprint density at radius 3 is 1.03 bits per heavy atom. The first kappa shape index (κ1) is 115. The van der Waals surface area contributed by atoms with Gasteiger partial charge in [0.2, 0.25) is 0 Å². The molecule has 2 saturated heterocycles. The number of nitrogens with two attached hydrogens (primary N) is 1. The highest BCUT2D eigenvalue weighted by Crippen LogP contribution is 2.40. The van der Waals surface area contributed by atoms with Crippen LogP contribution in [0, 0.1) is 43.4 Å². The number of aryl methyl sites for hydroxylation is 6. The fourth-order valence-electron chi connectivity index (χ4n) is 20.3. The van der Waals surface area contributed by atoms with Crippen LogP contribution in [0.5, 0.6) is 23.3 Å². The highest BCUT2D eigenvalue weighted by molar-refractivity contribution is 6.30. The van der Waals surface area contributed by atoms with Crippen molar-refractivity contribution in [1.29, 1.82) is 0 Å². The minimum atomic E-state index is -0.375. The Morgan fingerprint density at radius 1 is 0.380 bits per heavy atom. The minimum Gasteiger partial charge on any atom is -0.489 e. The first-order valence-electron chi connectivity index (χ1n) is 53.2. The van der Waals surface area contributed by atoms with Crippen LogP contribution in [0.25, 0.3) is 45.0 Å². The van der Waals surface area contributed by atoms with Gasteiger partial charge in [-0.15, -0.1) is 0 Å². The molecule has 1 unspecified atom stereocenters. The number of rotatable bonds is 33. The van der Waals surface area contributed by atoms with Crippen molar-refractivity contribution < 1.29 is 105 Å². The third-order valence-corrected chi connectivity index (χ3v) is 29.1. The predicted octanol–water partition coefficient (Wildman–Crippen LogP) is 17.5. The Bertz CT molecular complexity index is 5630. The van der Waals surface area contributed by atoms with Gasteiger partial charge < -0.3 is 91.6 Å². The van der Waals surface area contributed by atoms with Crippen LogP contribution < -0.4 is 24.7 Å². The van der Waals surface area contributed by atoms with Crippen LogP contribution in [0.2, 0.25) is 5.15 Å². The lowest BCUT2D eigenvalue weighted by atomic mass is 9.87. The molecule has 0 radical (unpaired) electrons. The molecule has 0 spiro atoms. The maximum Gasteiger partial charge on any atom is 0.410 e. The number of aromatic nitrogens is 14. The van der Waals surface area contributed by atoms with Crippen molar-refractivity contribution in [2.45, 2.75) is 336 Å². The predicted molar refractivity (Wildman–Crippen MR) is 555 cm³/mol. The minimum absolute atomic E-state index is 0.0508. The van der Waals surface area contributed by atoms with Gasteiger partial charge in [0, 0.05) is 129 Å². The number of halogens is 1. The molecule has 0 aromatic carbocycles. The van der Waals surface area contributed by atoms with E-state index >= 15 is 0 Å². The van der Waals surface area contributed by atoms with Crippen molar-refractivity contribution in [2.24, 2.45) is 57.8 Å². The molecule has 4 amide bonds. The molecule has 820 valence electrons. The van der Waals surface area contributed by atoms with Crippen LogP contribution in [-0.2, 0) is 121 Å². The largest absolute Gasteiger partial charge is 0.489 e. The Morgan fingerprint density at radius 2 is 0.700 bits per heavy atom. The molecule has 8 aromatic rings. The van der Waals surface area contributed by atoms with Gasteiger partial charge >= 0.3 is 48.3 Å². The Balaban J connectivity index is 0.000000167. The van der Waals surface area contributed by atoms with Crippen LogP contribution in [0.1, 0.15) is 263 Å². The molecule has 42 heteroatoms. The van der Waals surface area contributed by atoms with Crippen LogP contribution in [0.3, 0.4) is 0 Å². The monoisotopic (exact) mass is 2100 g/mol. The fourth-order valence-corrected chi connectivity index (χ4v) is 20.5. The average molecular weight is 2110 g/mol. The lowest BCUT2D eigenvalue weighted by Crippen LogP contribution is -2.40. The van der Waals surface area contributed by atoms with E-state index < -0.39 is 0 Å². The molecular formula is C108H154ClN19O22. The van der Waals surface area contributed by atoms with Crippen LogP contribution >= 0.6 is 11.6 Å². The molecular weight excluding hydrogens is 1950 g/mol. The van der Waals surface area contributed by atoms with Crippen LogP contribution in [0.15, 0.2) is 61.4 Å². The van der Waals surface area contributed by atoms with Crippen molar-refractivity contribution in [2.75, 3.05) is 66.9 Å². The zero-order valence-corrected chi connectivity index (χ0v) is 91.2. The Labute approximate surface area is 884 Å². The maximum absolute atomic E-state index is 12.7. The molecule has 9 atom stereocenters. The third-order valence-electron chi connectivity index (χ3n) is 28.8. The van der Waals surface area contributed by atoms with E-state index in [1.165, 1.54) is 0 Å². The molecule has 41 nitrogen and oxygen atoms in total. The summed E-state index contributed by atoms with van der Waals surface area (Å²) >= 11 is 6.46. The van der Waals surface area contributed by atoms with Crippen molar-refractivity contribution in [1.82, 2.24) is 88.6 Å². The number of hydrogen-bond donors (Lipinski definition) is 1. The zero-order chi connectivity index (χ0) is 108. The molecule has 0 bridgehead atoms. The van der Waals surface area contributed by atoms with Gasteiger partial charge in [0.1, 0.15) is 50.1 Å². The summed E-state index contributed by atoms with van der Waals surface area (Å²) in [6.07, 6.45) is 31.3. The van der Waals surface area contributed by atoms with Gasteiger partial charge in [0.15, 0.2) is 11.0 Å². The summed E-state index contributed by atoms with van der Waals surface area (Å²) in [6.45, 7) is 22.3. The van der Waals surface area contributed by atoms with Crippen molar-refractivity contribution >= 4 is 65.7 Å². The van der Waals surface area contributed by atoms with Gasteiger partial charge in [-0.1, -0.05) is 37.3 Å². The van der Waals surface area contributed by atoms with E-state index in [0.29, 0.717) is 103 Å². The van der Waals surface area contributed by atoms with Gasteiger partial charge in [-0.2, -0.15) is 20.4 Å². The Kier molecular flexibility index (Phi) is 42.0. The summed E-state index contributed by atoms with van der Waals surface area (Å²) in [5, 5.41) is 17.5. The third kappa shape index (κ3) is 32.0. The number of anilines is 1. The molecule has 10 heterocycles.